The van der Waals surface area contributed by atoms with E-state index >= 15 is 0 Å². The number of nitrogens with one attached hydrogen (secondary N) is 1. The standard InChI is InChI=1S/C20H22FNO5/c1-13-12-17(14-6-9-25-10-7-14)27-20(24)18(13)19(23)22-8-11-26-16-5-3-2-4-15(16)21/h2-5,12,14H,6-11H2,1H3,(H,22,23). The van der Waals surface area contributed by atoms with Crippen LogP contribution in [0.1, 0.15) is 40.4 Å². The van der Waals surface area contributed by atoms with Crippen molar-refractivity contribution in [3.63, 3.8) is 0 Å². The average Bonchev–Trinajstić information content (AvgIpc) is 2.66. The second-order valence-corrected chi connectivity index (χ2v) is 6.42. The third kappa shape index (κ3) is 4.74. The molecule has 1 saturated heterocycles. The highest BCUT2D eigenvalue weighted by molar-refractivity contribution is 5.95. The average molecular weight is 375 g/mol. The van der Waals surface area contributed by atoms with Crippen LogP contribution in [-0.4, -0.2) is 32.3 Å². The van der Waals surface area contributed by atoms with Gasteiger partial charge in [0.25, 0.3) is 5.91 Å². The van der Waals surface area contributed by atoms with Gasteiger partial charge in [0.2, 0.25) is 0 Å². The Labute approximate surface area is 156 Å². The molecule has 1 fully saturated rings. The molecule has 0 bridgehead atoms. The van der Waals surface area contributed by atoms with Crippen LogP contribution < -0.4 is 15.7 Å². The highest BCUT2D eigenvalue weighted by Crippen LogP contribution is 2.27. The molecule has 1 amide bonds. The lowest BCUT2D eigenvalue weighted by atomic mass is 9.95. The molecule has 1 aliphatic rings. The third-order valence-electron chi connectivity index (χ3n) is 4.50. The van der Waals surface area contributed by atoms with Gasteiger partial charge in [-0.1, -0.05) is 12.1 Å². The van der Waals surface area contributed by atoms with E-state index in [2.05, 4.69) is 5.32 Å². The zero-order valence-electron chi connectivity index (χ0n) is 15.1. The van der Waals surface area contributed by atoms with E-state index in [0.29, 0.717) is 24.5 Å². The molecule has 0 aliphatic carbocycles. The number of para-hydroxylation sites is 1. The fourth-order valence-electron chi connectivity index (χ4n) is 3.06. The van der Waals surface area contributed by atoms with E-state index in [1.54, 1.807) is 25.1 Å². The summed E-state index contributed by atoms with van der Waals surface area (Å²) in [5.41, 5.74) is -0.0963. The second kappa shape index (κ2) is 8.81. The molecule has 1 aromatic heterocycles. The first-order valence-corrected chi connectivity index (χ1v) is 8.94. The number of amides is 1. The Morgan fingerprint density at radius 1 is 1.30 bits per heavy atom. The first-order chi connectivity index (χ1) is 13.1. The summed E-state index contributed by atoms with van der Waals surface area (Å²) in [4.78, 5) is 24.6. The van der Waals surface area contributed by atoms with Crippen LogP contribution in [0.15, 0.2) is 39.5 Å². The van der Waals surface area contributed by atoms with Crippen LogP contribution in [-0.2, 0) is 4.74 Å². The van der Waals surface area contributed by atoms with Crippen LogP contribution in [0.25, 0.3) is 0 Å². The van der Waals surface area contributed by atoms with Crippen molar-refractivity contribution in [1.29, 1.82) is 0 Å². The molecular formula is C20H22FNO5. The number of aryl methyl sites for hydroxylation is 1. The zero-order chi connectivity index (χ0) is 19.2. The minimum atomic E-state index is -0.649. The van der Waals surface area contributed by atoms with E-state index in [9.17, 15) is 14.0 Å². The molecule has 0 unspecified atom stereocenters. The summed E-state index contributed by atoms with van der Waals surface area (Å²) in [6, 6.07) is 7.77. The van der Waals surface area contributed by atoms with Crippen LogP contribution in [0.2, 0.25) is 0 Å². The largest absolute Gasteiger partial charge is 0.489 e. The lowest BCUT2D eigenvalue weighted by Crippen LogP contribution is -2.33. The predicted molar refractivity (Wildman–Crippen MR) is 96.7 cm³/mol. The van der Waals surface area contributed by atoms with E-state index in [0.717, 1.165) is 12.8 Å². The van der Waals surface area contributed by atoms with Gasteiger partial charge in [-0.25, -0.2) is 9.18 Å². The van der Waals surface area contributed by atoms with Crippen molar-refractivity contribution in [1.82, 2.24) is 5.32 Å². The predicted octanol–water partition coefficient (Wildman–Crippen LogP) is 2.79. The number of hydrogen-bond donors (Lipinski definition) is 1. The summed E-state index contributed by atoms with van der Waals surface area (Å²) in [7, 11) is 0. The van der Waals surface area contributed by atoms with E-state index in [-0.39, 0.29) is 30.4 Å². The summed E-state index contributed by atoms with van der Waals surface area (Å²) < 4.78 is 29.4. The smallest absolute Gasteiger partial charge is 0.349 e. The van der Waals surface area contributed by atoms with E-state index in [1.807, 2.05) is 0 Å². The lowest BCUT2D eigenvalue weighted by molar-refractivity contribution is 0.0795. The molecule has 6 nitrogen and oxygen atoms in total. The van der Waals surface area contributed by atoms with Crippen LogP contribution in [0.4, 0.5) is 4.39 Å². The number of carbonyl (C=O) groups is 1. The molecule has 0 saturated carbocycles. The normalized spacial score (nSPS) is 14.7. The van der Waals surface area contributed by atoms with Gasteiger partial charge in [-0.2, -0.15) is 0 Å². The molecule has 1 aromatic carbocycles. The van der Waals surface area contributed by atoms with Crippen LogP contribution in [0.5, 0.6) is 5.75 Å². The van der Waals surface area contributed by atoms with Crippen molar-refractivity contribution in [2.24, 2.45) is 0 Å². The van der Waals surface area contributed by atoms with Gasteiger partial charge < -0.3 is 19.2 Å². The molecule has 27 heavy (non-hydrogen) atoms. The quantitative estimate of drug-likeness (QED) is 0.786. The zero-order valence-corrected chi connectivity index (χ0v) is 15.1. The highest BCUT2D eigenvalue weighted by atomic mass is 19.1. The van der Waals surface area contributed by atoms with Gasteiger partial charge in [-0.05, 0) is 43.5 Å². The van der Waals surface area contributed by atoms with Crippen LogP contribution in [0.3, 0.4) is 0 Å². The number of ether oxygens (including phenoxy) is 2. The maximum Gasteiger partial charge on any atom is 0.349 e. The number of hydrogen-bond acceptors (Lipinski definition) is 5. The second-order valence-electron chi connectivity index (χ2n) is 6.42. The van der Waals surface area contributed by atoms with Crippen molar-refractivity contribution in [3.8, 4) is 5.75 Å². The Hall–Kier alpha value is -2.67. The fourth-order valence-corrected chi connectivity index (χ4v) is 3.06. The Bertz CT molecular complexity index is 858. The monoisotopic (exact) mass is 375 g/mol. The molecule has 1 N–H and O–H groups in total. The van der Waals surface area contributed by atoms with Crippen molar-refractivity contribution in [3.05, 3.63) is 63.5 Å². The molecule has 0 radical (unpaired) electrons. The van der Waals surface area contributed by atoms with Crippen molar-refractivity contribution in [2.45, 2.75) is 25.7 Å². The van der Waals surface area contributed by atoms with Gasteiger partial charge >= 0.3 is 5.63 Å². The third-order valence-corrected chi connectivity index (χ3v) is 4.50. The van der Waals surface area contributed by atoms with Gasteiger partial charge in [0.05, 0.1) is 6.54 Å². The summed E-state index contributed by atoms with van der Waals surface area (Å²) >= 11 is 0. The molecule has 2 aromatic rings. The Kier molecular flexibility index (Phi) is 6.24. The molecular weight excluding hydrogens is 353 g/mol. The Balaban J connectivity index is 1.59. The van der Waals surface area contributed by atoms with Gasteiger partial charge in [0, 0.05) is 19.1 Å². The van der Waals surface area contributed by atoms with Gasteiger partial charge in [-0.15, -0.1) is 0 Å². The Morgan fingerprint density at radius 3 is 2.74 bits per heavy atom. The number of benzene rings is 1. The highest BCUT2D eigenvalue weighted by Gasteiger charge is 2.22. The minimum Gasteiger partial charge on any atom is -0.489 e. The maximum absolute atomic E-state index is 13.5. The summed E-state index contributed by atoms with van der Waals surface area (Å²) in [5.74, 6) is -0.152. The number of rotatable bonds is 6. The molecule has 3 rings (SSSR count). The van der Waals surface area contributed by atoms with Crippen molar-refractivity contribution >= 4 is 5.91 Å². The summed E-state index contributed by atoms with van der Waals surface area (Å²) in [6.45, 7) is 3.20. The molecule has 2 heterocycles. The molecule has 1 aliphatic heterocycles. The topological polar surface area (TPSA) is 77.8 Å². The molecule has 0 atom stereocenters. The summed E-state index contributed by atoms with van der Waals surface area (Å²) in [5, 5.41) is 2.60. The fraction of sp³-hybridized carbons (Fsp3) is 0.400. The van der Waals surface area contributed by atoms with E-state index < -0.39 is 17.3 Å². The molecule has 0 spiro atoms. The van der Waals surface area contributed by atoms with Gasteiger partial charge in [0.15, 0.2) is 11.6 Å². The van der Waals surface area contributed by atoms with Gasteiger partial charge in [0.1, 0.15) is 17.9 Å². The molecule has 144 valence electrons. The van der Waals surface area contributed by atoms with E-state index in [1.165, 1.54) is 12.1 Å². The SMILES string of the molecule is Cc1cc(C2CCOCC2)oc(=O)c1C(=O)NCCOc1ccccc1F. The number of carbonyl (C=O) groups excluding carboxylic acids is 1. The first-order valence-electron chi connectivity index (χ1n) is 8.94. The van der Waals surface area contributed by atoms with E-state index in [4.69, 9.17) is 13.9 Å². The van der Waals surface area contributed by atoms with Crippen molar-refractivity contribution < 1.29 is 23.1 Å². The maximum atomic E-state index is 13.5. The minimum absolute atomic E-state index is 0.0169. The number of halogens is 1. The molecule has 7 heteroatoms. The van der Waals surface area contributed by atoms with Gasteiger partial charge in [-0.3, -0.25) is 4.79 Å². The lowest BCUT2D eigenvalue weighted by Gasteiger charge is -2.21. The van der Waals surface area contributed by atoms with Crippen LogP contribution in [0, 0.1) is 12.7 Å². The van der Waals surface area contributed by atoms with Crippen molar-refractivity contribution in [2.75, 3.05) is 26.4 Å². The van der Waals surface area contributed by atoms with Crippen LogP contribution >= 0.6 is 0 Å². The first kappa shape index (κ1) is 19.1. The summed E-state index contributed by atoms with van der Waals surface area (Å²) in [6.07, 6.45) is 1.59. The Morgan fingerprint density at radius 2 is 2.04 bits per heavy atom.